The molecule has 2 aliphatic rings. The van der Waals surface area contributed by atoms with Crippen LogP contribution in [-0.2, 0) is 14.6 Å². The minimum Gasteiger partial charge on any atom is -0.444 e. The molecule has 0 N–H and O–H groups in total. The van der Waals surface area contributed by atoms with Crippen molar-refractivity contribution in [1.82, 2.24) is 14.7 Å². The molecule has 3 rings (SSSR count). The monoisotopic (exact) mass is 398 g/mol. The highest BCUT2D eigenvalue weighted by Crippen LogP contribution is 2.31. The lowest BCUT2D eigenvalue weighted by Gasteiger charge is -2.36. The summed E-state index contributed by atoms with van der Waals surface area (Å²) in [5.41, 5.74) is 2.47. The summed E-state index contributed by atoms with van der Waals surface area (Å²) < 4.78 is 31.0. The van der Waals surface area contributed by atoms with Gasteiger partial charge in [-0.3, -0.25) is 4.68 Å². The second-order valence-corrected chi connectivity index (χ2v) is 10.7. The zero-order chi connectivity index (χ0) is 20.0. The van der Waals surface area contributed by atoms with Crippen LogP contribution in [0.15, 0.2) is 0 Å². The van der Waals surface area contributed by atoms with Crippen LogP contribution in [0.2, 0.25) is 0 Å². The molecule has 152 valence electrons. The molecule has 3 heterocycles. The number of anilines is 1. The van der Waals surface area contributed by atoms with Gasteiger partial charge < -0.3 is 14.5 Å². The molecule has 1 amide bonds. The number of piperazine rings is 1. The first kappa shape index (κ1) is 20.0. The van der Waals surface area contributed by atoms with Gasteiger partial charge in [0.15, 0.2) is 9.84 Å². The van der Waals surface area contributed by atoms with E-state index >= 15 is 0 Å². The molecule has 2 fully saturated rings. The normalized spacial score (nSPS) is 22.9. The summed E-state index contributed by atoms with van der Waals surface area (Å²) in [6.07, 6.45) is 0.346. The molecule has 1 aromatic heterocycles. The Morgan fingerprint density at radius 3 is 2.30 bits per heavy atom. The molecular weight excluding hydrogens is 368 g/mol. The Hall–Kier alpha value is -1.77. The van der Waals surface area contributed by atoms with Crippen molar-refractivity contribution in [2.24, 2.45) is 0 Å². The third kappa shape index (κ3) is 4.39. The zero-order valence-corrected chi connectivity index (χ0v) is 17.7. The number of carbonyl (C=O) groups excluding carboxylic acids is 1. The maximum atomic E-state index is 12.2. The molecule has 0 radical (unpaired) electrons. The Balaban J connectivity index is 1.69. The number of carbonyl (C=O) groups is 1. The molecule has 0 spiro atoms. The van der Waals surface area contributed by atoms with Crippen LogP contribution in [0, 0.1) is 13.8 Å². The van der Waals surface area contributed by atoms with Crippen LogP contribution in [0.25, 0.3) is 0 Å². The average molecular weight is 399 g/mol. The van der Waals surface area contributed by atoms with E-state index in [9.17, 15) is 13.2 Å². The average Bonchev–Trinajstić information content (AvgIpc) is 3.05. The Bertz CT molecular complexity index is 817. The number of aryl methyl sites for hydroxylation is 1. The number of rotatable bonds is 2. The number of hydrogen-bond acceptors (Lipinski definition) is 6. The molecule has 0 aromatic carbocycles. The molecular formula is C18H30N4O4S. The van der Waals surface area contributed by atoms with Gasteiger partial charge in [-0.25, -0.2) is 13.2 Å². The van der Waals surface area contributed by atoms with Crippen LogP contribution in [0.4, 0.5) is 10.5 Å². The van der Waals surface area contributed by atoms with Crippen molar-refractivity contribution in [3.8, 4) is 0 Å². The van der Waals surface area contributed by atoms with Crippen molar-refractivity contribution in [2.75, 3.05) is 42.6 Å². The minimum absolute atomic E-state index is 0.0782. The number of sulfone groups is 1. The van der Waals surface area contributed by atoms with E-state index < -0.39 is 15.4 Å². The molecule has 2 aliphatic heterocycles. The predicted octanol–water partition coefficient (Wildman–Crippen LogP) is 1.92. The molecule has 2 saturated heterocycles. The van der Waals surface area contributed by atoms with Crippen LogP contribution in [0.5, 0.6) is 0 Å². The van der Waals surface area contributed by atoms with Crippen molar-refractivity contribution >= 4 is 21.6 Å². The van der Waals surface area contributed by atoms with Crippen LogP contribution < -0.4 is 4.90 Å². The Labute approximate surface area is 161 Å². The highest BCUT2D eigenvalue weighted by molar-refractivity contribution is 7.91. The van der Waals surface area contributed by atoms with Gasteiger partial charge in [-0.05, 0) is 41.0 Å². The zero-order valence-electron chi connectivity index (χ0n) is 16.9. The highest BCUT2D eigenvalue weighted by Gasteiger charge is 2.33. The van der Waals surface area contributed by atoms with Gasteiger partial charge in [-0.1, -0.05) is 0 Å². The van der Waals surface area contributed by atoms with E-state index in [-0.39, 0.29) is 23.6 Å². The van der Waals surface area contributed by atoms with E-state index in [0.29, 0.717) is 32.6 Å². The summed E-state index contributed by atoms with van der Waals surface area (Å²) in [5.74, 6) is 0.404. The lowest BCUT2D eigenvalue weighted by Crippen LogP contribution is -2.50. The molecule has 0 saturated carbocycles. The van der Waals surface area contributed by atoms with Crippen molar-refractivity contribution in [2.45, 2.75) is 52.7 Å². The molecule has 1 atom stereocenters. The molecule has 8 nitrogen and oxygen atoms in total. The Morgan fingerprint density at radius 1 is 1.15 bits per heavy atom. The molecule has 27 heavy (non-hydrogen) atoms. The van der Waals surface area contributed by atoms with Crippen molar-refractivity contribution in [3.05, 3.63) is 11.4 Å². The van der Waals surface area contributed by atoms with Crippen molar-refractivity contribution in [3.63, 3.8) is 0 Å². The minimum atomic E-state index is -2.95. The fourth-order valence-electron chi connectivity index (χ4n) is 3.87. The number of hydrogen-bond donors (Lipinski definition) is 0. The predicted molar refractivity (Wildman–Crippen MR) is 104 cm³/mol. The van der Waals surface area contributed by atoms with Crippen molar-refractivity contribution in [1.29, 1.82) is 0 Å². The standard InChI is InChI=1S/C18H30N4O4S/c1-13-16(14(2)22(19-13)15-6-11-27(24,25)12-15)20-7-9-21(10-8-20)17(23)26-18(3,4)5/h15H,6-12H2,1-5H3/t15-/m1/s1. The summed E-state index contributed by atoms with van der Waals surface area (Å²) >= 11 is 0. The number of amides is 1. The fraction of sp³-hybridized carbons (Fsp3) is 0.778. The molecule has 0 aliphatic carbocycles. The largest absolute Gasteiger partial charge is 0.444 e. The van der Waals surface area contributed by atoms with E-state index in [1.807, 2.05) is 39.3 Å². The summed E-state index contributed by atoms with van der Waals surface area (Å²) in [7, 11) is -2.95. The maximum absolute atomic E-state index is 12.2. The quantitative estimate of drug-likeness (QED) is 0.757. The summed E-state index contributed by atoms with van der Waals surface area (Å²) in [6.45, 7) is 12.2. The second-order valence-electron chi connectivity index (χ2n) is 8.48. The SMILES string of the molecule is Cc1nn([C@@H]2CCS(=O)(=O)C2)c(C)c1N1CCN(C(=O)OC(C)(C)C)CC1. The molecule has 0 bridgehead atoms. The van der Waals surface area contributed by atoms with E-state index in [0.717, 1.165) is 17.1 Å². The van der Waals surface area contributed by atoms with E-state index in [4.69, 9.17) is 4.74 Å². The van der Waals surface area contributed by atoms with Gasteiger partial charge in [0.05, 0.1) is 34.6 Å². The van der Waals surface area contributed by atoms with E-state index in [1.165, 1.54) is 0 Å². The van der Waals surface area contributed by atoms with Gasteiger partial charge in [0.25, 0.3) is 0 Å². The summed E-state index contributed by atoms with van der Waals surface area (Å²) in [5, 5.41) is 4.64. The second kappa shape index (κ2) is 7.00. The smallest absolute Gasteiger partial charge is 0.410 e. The topological polar surface area (TPSA) is 84.7 Å². The number of ether oxygens (including phenoxy) is 1. The van der Waals surface area contributed by atoms with Crippen LogP contribution in [0.3, 0.4) is 0 Å². The number of nitrogens with zero attached hydrogens (tertiary/aromatic N) is 4. The Kier molecular flexibility index (Phi) is 5.18. The molecule has 9 heteroatoms. The third-order valence-corrected chi connectivity index (χ3v) is 6.84. The number of aromatic nitrogens is 2. The lowest BCUT2D eigenvalue weighted by atomic mass is 10.2. The summed E-state index contributed by atoms with van der Waals surface area (Å²) in [4.78, 5) is 16.2. The fourth-order valence-corrected chi connectivity index (χ4v) is 5.57. The van der Waals surface area contributed by atoms with E-state index in [1.54, 1.807) is 4.90 Å². The first-order valence-corrected chi connectivity index (χ1v) is 11.3. The van der Waals surface area contributed by atoms with Crippen molar-refractivity contribution < 1.29 is 17.9 Å². The van der Waals surface area contributed by atoms with Gasteiger partial charge >= 0.3 is 6.09 Å². The van der Waals surface area contributed by atoms with Gasteiger partial charge in [0, 0.05) is 26.2 Å². The molecule has 0 unspecified atom stereocenters. The van der Waals surface area contributed by atoms with Gasteiger partial charge in [0.2, 0.25) is 0 Å². The Morgan fingerprint density at radius 2 is 1.78 bits per heavy atom. The van der Waals surface area contributed by atoms with Gasteiger partial charge in [0.1, 0.15) is 5.60 Å². The van der Waals surface area contributed by atoms with Gasteiger partial charge in [-0.15, -0.1) is 0 Å². The third-order valence-electron chi connectivity index (χ3n) is 5.09. The first-order chi connectivity index (χ1) is 12.5. The maximum Gasteiger partial charge on any atom is 0.410 e. The molecule has 1 aromatic rings. The first-order valence-electron chi connectivity index (χ1n) is 9.46. The van der Waals surface area contributed by atoms with Crippen LogP contribution in [-0.4, -0.2) is 72.5 Å². The van der Waals surface area contributed by atoms with Crippen LogP contribution in [0.1, 0.15) is 44.6 Å². The van der Waals surface area contributed by atoms with Crippen LogP contribution >= 0.6 is 0 Å². The lowest BCUT2D eigenvalue weighted by molar-refractivity contribution is 0.0240. The highest BCUT2D eigenvalue weighted by atomic mass is 32.2. The van der Waals surface area contributed by atoms with E-state index in [2.05, 4.69) is 10.00 Å². The summed E-state index contributed by atoms with van der Waals surface area (Å²) in [6, 6.07) is -0.0782. The van der Waals surface area contributed by atoms with Gasteiger partial charge in [-0.2, -0.15) is 5.10 Å².